The Kier molecular flexibility index (Phi) is 4.42. The molecular formula is C17H14FN3O2. The molecule has 0 saturated carbocycles. The van der Waals surface area contributed by atoms with E-state index in [1.165, 1.54) is 24.8 Å². The first-order valence-corrected chi connectivity index (χ1v) is 7.03. The molecular weight excluding hydrogens is 297 g/mol. The van der Waals surface area contributed by atoms with Crippen molar-refractivity contribution in [2.45, 2.75) is 12.9 Å². The summed E-state index contributed by atoms with van der Waals surface area (Å²) in [6.07, 6.45) is 0.467. The highest BCUT2D eigenvalue weighted by atomic mass is 19.1. The Morgan fingerprint density at radius 2 is 1.87 bits per heavy atom. The van der Waals surface area contributed by atoms with Gasteiger partial charge in [-0.05, 0) is 29.8 Å². The van der Waals surface area contributed by atoms with Gasteiger partial charge in [-0.25, -0.2) is 14.1 Å². The number of benzene rings is 2. The Hall–Kier alpha value is -3.02. The zero-order valence-corrected chi connectivity index (χ0v) is 12.2. The highest BCUT2D eigenvalue weighted by Crippen LogP contribution is 2.19. The fourth-order valence-electron chi connectivity index (χ4n) is 2.05. The van der Waals surface area contributed by atoms with Crippen molar-refractivity contribution in [3.05, 3.63) is 78.4 Å². The van der Waals surface area contributed by atoms with E-state index in [-0.39, 0.29) is 5.56 Å². The van der Waals surface area contributed by atoms with Gasteiger partial charge in [0.15, 0.2) is 0 Å². The third kappa shape index (κ3) is 3.60. The number of hydrogen-bond acceptors (Lipinski definition) is 4. The van der Waals surface area contributed by atoms with Crippen LogP contribution in [0.15, 0.2) is 67.3 Å². The van der Waals surface area contributed by atoms with Crippen LogP contribution >= 0.6 is 0 Å². The van der Waals surface area contributed by atoms with E-state index in [0.717, 1.165) is 10.2 Å². The summed E-state index contributed by atoms with van der Waals surface area (Å²) in [5.74, 6) is -0.0633. The number of ketones is 1. The van der Waals surface area contributed by atoms with E-state index in [1.54, 1.807) is 12.1 Å². The van der Waals surface area contributed by atoms with Gasteiger partial charge in [-0.15, -0.1) is 0 Å². The molecule has 23 heavy (non-hydrogen) atoms. The first-order valence-electron chi connectivity index (χ1n) is 7.03. The van der Waals surface area contributed by atoms with E-state index in [4.69, 9.17) is 4.74 Å². The molecule has 1 heterocycles. The Balaban J connectivity index is 1.64. The van der Waals surface area contributed by atoms with Crippen molar-refractivity contribution in [1.82, 2.24) is 14.8 Å². The lowest BCUT2D eigenvalue weighted by molar-refractivity contribution is 0.0778. The molecule has 1 unspecified atom stereocenters. The number of nitrogens with zero attached hydrogens (tertiary/aromatic N) is 3. The van der Waals surface area contributed by atoms with Crippen LogP contribution in [-0.4, -0.2) is 20.5 Å². The molecule has 0 aliphatic carbocycles. The number of Topliss-reactive ketones (excluding diaryl/α,β-unsaturated/α-hetero) is 1. The quantitative estimate of drug-likeness (QED) is 0.656. The summed E-state index contributed by atoms with van der Waals surface area (Å²) >= 11 is 0. The van der Waals surface area contributed by atoms with Crippen molar-refractivity contribution >= 4 is 5.78 Å². The zero-order chi connectivity index (χ0) is 16.1. The molecule has 1 aromatic heterocycles. The van der Waals surface area contributed by atoms with Gasteiger partial charge in [0.25, 0.3) is 6.30 Å². The number of carbonyl (C=O) groups is 1. The van der Waals surface area contributed by atoms with Gasteiger partial charge in [0.05, 0.1) is 0 Å². The molecule has 0 saturated heterocycles. The molecule has 2 aromatic carbocycles. The Bertz CT molecular complexity index is 758. The number of rotatable bonds is 6. The molecule has 0 aliphatic rings. The van der Waals surface area contributed by atoms with Gasteiger partial charge in [0.1, 0.15) is 25.0 Å². The normalized spacial score (nSPS) is 11.9. The van der Waals surface area contributed by atoms with Crippen LogP contribution in [0.3, 0.4) is 0 Å². The van der Waals surface area contributed by atoms with Gasteiger partial charge in [-0.1, -0.05) is 30.3 Å². The number of hydrogen-bond donors (Lipinski definition) is 0. The molecule has 0 fully saturated rings. The smallest absolute Gasteiger partial charge is 0.255 e. The first kappa shape index (κ1) is 14.9. The van der Waals surface area contributed by atoms with Gasteiger partial charge in [0.2, 0.25) is 5.78 Å². The minimum Gasteiger partial charge on any atom is -0.489 e. The molecule has 0 aliphatic heterocycles. The molecule has 0 bridgehead atoms. The van der Waals surface area contributed by atoms with Crippen LogP contribution < -0.4 is 4.74 Å². The van der Waals surface area contributed by atoms with E-state index in [1.807, 2.05) is 30.3 Å². The highest BCUT2D eigenvalue weighted by molar-refractivity contribution is 5.98. The standard InChI is InChI=1S/C17H14FN3O2/c18-17(21-12-19-11-20-21)16(22)14-6-8-15(9-7-14)23-10-13-4-2-1-3-5-13/h1-9,11-12,17H,10H2. The number of halogens is 1. The van der Waals surface area contributed by atoms with Crippen molar-refractivity contribution < 1.29 is 13.9 Å². The fraction of sp³-hybridized carbons (Fsp3) is 0.118. The zero-order valence-electron chi connectivity index (χ0n) is 12.2. The number of ether oxygens (including phenoxy) is 1. The second kappa shape index (κ2) is 6.83. The molecule has 0 spiro atoms. The average molecular weight is 311 g/mol. The molecule has 3 rings (SSSR count). The lowest BCUT2D eigenvalue weighted by Crippen LogP contribution is -2.15. The molecule has 6 heteroatoms. The summed E-state index contributed by atoms with van der Waals surface area (Å²) in [5.41, 5.74) is 1.29. The summed E-state index contributed by atoms with van der Waals surface area (Å²) < 4.78 is 20.5. The first-order chi connectivity index (χ1) is 11.2. The molecule has 116 valence electrons. The molecule has 0 N–H and O–H groups in total. The van der Waals surface area contributed by atoms with Crippen LogP contribution in [0, 0.1) is 0 Å². The van der Waals surface area contributed by atoms with Gasteiger partial charge in [0, 0.05) is 5.56 Å². The Morgan fingerprint density at radius 3 is 2.52 bits per heavy atom. The highest BCUT2D eigenvalue weighted by Gasteiger charge is 2.21. The third-order valence-electron chi connectivity index (χ3n) is 3.27. The monoisotopic (exact) mass is 311 g/mol. The predicted octanol–water partition coefficient (Wildman–Crippen LogP) is 3.21. The number of aromatic nitrogens is 3. The van der Waals surface area contributed by atoms with Crippen LogP contribution in [0.25, 0.3) is 0 Å². The maximum atomic E-state index is 14.0. The lowest BCUT2D eigenvalue weighted by atomic mass is 10.1. The van der Waals surface area contributed by atoms with Crippen LogP contribution in [0.5, 0.6) is 5.75 Å². The lowest BCUT2D eigenvalue weighted by Gasteiger charge is -2.09. The van der Waals surface area contributed by atoms with Crippen molar-refractivity contribution in [3.63, 3.8) is 0 Å². The molecule has 5 nitrogen and oxygen atoms in total. The van der Waals surface area contributed by atoms with Crippen LogP contribution in [0.1, 0.15) is 22.2 Å². The van der Waals surface area contributed by atoms with E-state index >= 15 is 0 Å². The van der Waals surface area contributed by atoms with E-state index < -0.39 is 12.1 Å². The maximum Gasteiger partial charge on any atom is 0.255 e. The van der Waals surface area contributed by atoms with Gasteiger partial charge >= 0.3 is 0 Å². The van der Waals surface area contributed by atoms with Crippen molar-refractivity contribution in [3.8, 4) is 5.75 Å². The summed E-state index contributed by atoms with van der Waals surface area (Å²) in [4.78, 5) is 15.7. The molecule has 1 atom stereocenters. The topological polar surface area (TPSA) is 57.0 Å². The van der Waals surface area contributed by atoms with Gasteiger partial charge in [-0.3, -0.25) is 4.79 Å². The van der Waals surface area contributed by atoms with Crippen LogP contribution in [-0.2, 0) is 6.61 Å². The van der Waals surface area contributed by atoms with Gasteiger partial charge in [-0.2, -0.15) is 5.10 Å². The minimum absolute atomic E-state index is 0.250. The number of alkyl halides is 1. The van der Waals surface area contributed by atoms with Crippen LogP contribution in [0.4, 0.5) is 4.39 Å². The summed E-state index contributed by atoms with van der Waals surface area (Å²) in [6, 6.07) is 16.1. The Morgan fingerprint density at radius 1 is 1.13 bits per heavy atom. The van der Waals surface area contributed by atoms with Crippen LogP contribution in [0.2, 0.25) is 0 Å². The third-order valence-corrected chi connectivity index (χ3v) is 3.27. The Labute approximate surface area is 132 Å². The second-order valence-corrected chi connectivity index (χ2v) is 4.87. The fourth-order valence-corrected chi connectivity index (χ4v) is 2.05. The van der Waals surface area contributed by atoms with Gasteiger partial charge < -0.3 is 4.74 Å². The molecule has 3 aromatic rings. The van der Waals surface area contributed by atoms with E-state index in [9.17, 15) is 9.18 Å². The summed E-state index contributed by atoms with van der Waals surface area (Å²) in [5, 5.41) is 3.63. The minimum atomic E-state index is -1.88. The number of carbonyl (C=O) groups excluding carboxylic acids is 1. The van der Waals surface area contributed by atoms with E-state index in [0.29, 0.717) is 12.4 Å². The maximum absolute atomic E-state index is 14.0. The summed E-state index contributed by atoms with van der Waals surface area (Å²) in [6.45, 7) is 0.429. The van der Waals surface area contributed by atoms with Crippen molar-refractivity contribution in [2.75, 3.05) is 0 Å². The SMILES string of the molecule is O=C(c1ccc(OCc2ccccc2)cc1)C(F)n1cncn1. The second-order valence-electron chi connectivity index (χ2n) is 4.87. The predicted molar refractivity (Wildman–Crippen MR) is 81.7 cm³/mol. The molecule has 0 amide bonds. The largest absolute Gasteiger partial charge is 0.489 e. The van der Waals surface area contributed by atoms with Crippen molar-refractivity contribution in [1.29, 1.82) is 0 Å². The average Bonchev–Trinajstić information content (AvgIpc) is 3.15. The summed E-state index contributed by atoms with van der Waals surface area (Å²) in [7, 11) is 0. The van der Waals surface area contributed by atoms with Crippen molar-refractivity contribution in [2.24, 2.45) is 0 Å². The molecule has 0 radical (unpaired) electrons. The van der Waals surface area contributed by atoms with E-state index in [2.05, 4.69) is 10.1 Å².